The molecule has 0 aliphatic heterocycles. The molecule has 2 aromatic rings. The molecular weight excluding hydrogens is 444 g/mol. The second-order valence-corrected chi connectivity index (χ2v) is 7.21. The van der Waals surface area contributed by atoms with Gasteiger partial charge in [0, 0.05) is 9.35 Å². The van der Waals surface area contributed by atoms with E-state index in [1.807, 2.05) is 6.07 Å². The Morgan fingerprint density at radius 3 is 2.25 bits per heavy atom. The smallest absolute Gasteiger partial charge is 0.406 e. The number of hydrogen-bond acceptors (Lipinski definition) is 2. The van der Waals surface area contributed by atoms with Gasteiger partial charge in [0.2, 0.25) is 0 Å². The second-order valence-electron chi connectivity index (χ2n) is 3.75. The average Bonchev–Trinajstić information content (AvgIpc) is 2.68. The molecule has 8 heteroatoms. The Hall–Kier alpha value is -0.240. The molecule has 1 heterocycles. The highest BCUT2D eigenvalue weighted by molar-refractivity contribution is 9.10. The Kier molecular flexibility index (Phi) is 5.05. The minimum Gasteiger partial charge on any atom is -0.406 e. The number of hydrogen-bond donors (Lipinski definition) is 0. The van der Waals surface area contributed by atoms with Crippen LogP contribution in [0.5, 0.6) is 5.75 Å². The fourth-order valence-corrected chi connectivity index (χ4v) is 3.95. The SMILES string of the molecule is FC(F)(F)Oc1ccc(C(Br)c2cc(Br)c(Cl)s2)cc1. The molecule has 0 saturated carbocycles. The van der Waals surface area contributed by atoms with Crippen molar-refractivity contribution in [3.05, 3.63) is 49.6 Å². The molecule has 2 rings (SSSR count). The van der Waals surface area contributed by atoms with E-state index < -0.39 is 6.36 Å². The zero-order valence-corrected chi connectivity index (χ0v) is 14.3. The van der Waals surface area contributed by atoms with Crippen LogP contribution in [0, 0.1) is 0 Å². The first kappa shape index (κ1) is 16.1. The lowest BCUT2D eigenvalue weighted by Crippen LogP contribution is -2.17. The molecule has 0 N–H and O–H groups in total. The molecule has 0 bridgehead atoms. The average molecular weight is 451 g/mol. The zero-order valence-electron chi connectivity index (χ0n) is 9.55. The van der Waals surface area contributed by atoms with E-state index in [4.69, 9.17) is 11.6 Å². The first-order valence-corrected chi connectivity index (χ1v) is 8.11. The molecule has 1 atom stereocenters. The minimum absolute atomic E-state index is 0.142. The Labute approximate surface area is 139 Å². The van der Waals surface area contributed by atoms with Crippen LogP contribution in [0.25, 0.3) is 0 Å². The molecule has 1 nitrogen and oxygen atoms in total. The lowest BCUT2D eigenvalue weighted by molar-refractivity contribution is -0.274. The summed E-state index contributed by atoms with van der Waals surface area (Å²) in [6.45, 7) is 0. The topological polar surface area (TPSA) is 9.23 Å². The summed E-state index contributed by atoms with van der Waals surface area (Å²) in [6, 6.07) is 7.57. The standard InChI is InChI=1S/C12H6Br2ClF3OS/c13-8-5-9(20-11(8)15)10(14)6-1-3-7(4-2-6)19-12(16,17)18/h1-5,10H. The van der Waals surface area contributed by atoms with Gasteiger partial charge in [-0.15, -0.1) is 24.5 Å². The third-order valence-electron chi connectivity index (χ3n) is 2.32. The lowest BCUT2D eigenvalue weighted by atomic mass is 10.1. The van der Waals surface area contributed by atoms with Gasteiger partial charge in [0.05, 0.1) is 4.83 Å². The van der Waals surface area contributed by atoms with Gasteiger partial charge in [-0.05, 0) is 39.7 Å². The van der Waals surface area contributed by atoms with Crippen molar-refractivity contribution in [1.82, 2.24) is 0 Å². The van der Waals surface area contributed by atoms with Crippen LogP contribution in [-0.2, 0) is 0 Å². The van der Waals surface area contributed by atoms with E-state index in [2.05, 4.69) is 36.6 Å². The molecule has 0 aliphatic carbocycles. The normalized spacial score (nSPS) is 13.3. The van der Waals surface area contributed by atoms with E-state index >= 15 is 0 Å². The van der Waals surface area contributed by atoms with Crippen molar-refractivity contribution in [1.29, 1.82) is 0 Å². The maximum absolute atomic E-state index is 12.1. The summed E-state index contributed by atoms with van der Waals surface area (Å²) in [5, 5.41) is 0. The Morgan fingerprint density at radius 2 is 1.80 bits per heavy atom. The second kappa shape index (κ2) is 6.25. The van der Waals surface area contributed by atoms with E-state index in [9.17, 15) is 13.2 Å². The Balaban J connectivity index is 2.17. The Bertz CT molecular complexity index is 578. The highest BCUT2D eigenvalue weighted by Gasteiger charge is 2.31. The zero-order chi connectivity index (χ0) is 14.9. The molecule has 1 unspecified atom stereocenters. The van der Waals surface area contributed by atoms with E-state index in [0.29, 0.717) is 4.34 Å². The van der Waals surface area contributed by atoms with Gasteiger partial charge in [0.15, 0.2) is 0 Å². The van der Waals surface area contributed by atoms with E-state index in [0.717, 1.165) is 14.9 Å². The van der Waals surface area contributed by atoms with Crippen molar-refractivity contribution in [2.75, 3.05) is 0 Å². The van der Waals surface area contributed by atoms with Crippen LogP contribution in [0.2, 0.25) is 4.34 Å². The Morgan fingerprint density at radius 1 is 1.20 bits per heavy atom. The monoisotopic (exact) mass is 448 g/mol. The molecule has 0 amide bonds. The molecule has 1 aromatic heterocycles. The summed E-state index contributed by atoms with van der Waals surface area (Å²) >= 11 is 14.2. The van der Waals surface area contributed by atoms with Crippen LogP contribution in [-0.4, -0.2) is 6.36 Å². The maximum Gasteiger partial charge on any atom is 0.573 e. The van der Waals surface area contributed by atoms with E-state index in [-0.39, 0.29) is 10.6 Å². The number of thiophene rings is 1. The summed E-state index contributed by atoms with van der Waals surface area (Å²) < 4.78 is 41.4. The van der Waals surface area contributed by atoms with Gasteiger partial charge in [-0.3, -0.25) is 0 Å². The van der Waals surface area contributed by atoms with Crippen LogP contribution >= 0.6 is 54.8 Å². The first-order chi connectivity index (χ1) is 9.26. The number of rotatable bonds is 3. The van der Waals surface area contributed by atoms with Gasteiger partial charge >= 0.3 is 6.36 Å². The fourth-order valence-electron chi connectivity index (χ4n) is 1.49. The predicted octanol–water partition coefficient (Wildman–Crippen LogP) is 6.55. The van der Waals surface area contributed by atoms with Crippen molar-refractivity contribution >= 4 is 54.8 Å². The lowest BCUT2D eigenvalue weighted by Gasteiger charge is -2.11. The summed E-state index contributed by atoms with van der Waals surface area (Å²) in [5.74, 6) is -0.244. The molecule has 0 aliphatic rings. The van der Waals surface area contributed by atoms with Crippen LogP contribution in [0.15, 0.2) is 34.8 Å². The van der Waals surface area contributed by atoms with E-state index in [1.165, 1.54) is 23.5 Å². The predicted molar refractivity (Wildman–Crippen MR) is 80.9 cm³/mol. The van der Waals surface area contributed by atoms with Crippen LogP contribution in [0.1, 0.15) is 15.3 Å². The van der Waals surface area contributed by atoms with Crippen molar-refractivity contribution in [2.45, 2.75) is 11.2 Å². The molecule has 0 fully saturated rings. The van der Waals surface area contributed by atoms with Gasteiger partial charge in [-0.1, -0.05) is 39.7 Å². The molecule has 108 valence electrons. The summed E-state index contributed by atoms with van der Waals surface area (Å²) in [6.07, 6.45) is -4.68. The summed E-state index contributed by atoms with van der Waals surface area (Å²) in [5.41, 5.74) is 0.810. The maximum atomic E-state index is 12.1. The number of benzene rings is 1. The molecule has 1 aromatic carbocycles. The molecule has 20 heavy (non-hydrogen) atoms. The van der Waals surface area contributed by atoms with Crippen molar-refractivity contribution in [2.24, 2.45) is 0 Å². The van der Waals surface area contributed by atoms with Crippen molar-refractivity contribution in [3.8, 4) is 5.75 Å². The van der Waals surface area contributed by atoms with Crippen LogP contribution < -0.4 is 4.74 Å². The summed E-state index contributed by atoms with van der Waals surface area (Å²) in [7, 11) is 0. The first-order valence-electron chi connectivity index (χ1n) is 5.21. The van der Waals surface area contributed by atoms with Gasteiger partial charge in [0.25, 0.3) is 0 Å². The van der Waals surface area contributed by atoms with E-state index in [1.54, 1.807) is 12.1 Å². The van der Waals surface area contributed by atoms with Crippen LogP contribution in [0.4, 0.5) is 13.2 Å². The quantitative estimate of drug-likeness (QED) is 0.482. The number of ether oxygens (including phenoxy) is 1. The fraction of sp³-hybridized carbons (Fsp3) is 0.167. The van der Waals surface area contributed by atoms with Gasteiger partial charge < -0.3 is 4.74 Å². The van der Waals surface area contributed by atoms with Gasteiger partial charge in [-0.25, -0.2) is 0 Å². The van der Waals surface area contributed by atoms with Gasteiger partial charge in [0.1, 0.15) is 10.1 Å². The third-order valence-corrected chi connectivity index (χ3v) is 6.18. The largest absolute Gasteiger partial charge is 0.573 e. The van der Waals surface area contributed by atoms with Gasteiger partial charge in [-0.2, -0.15) is 0 Å². The van der Waals surface area contributed by atoms with Crippen LogP contribution in [0.3, 0.4) is 0 Å². The number of alkyl halides is 4. The summed E-state index contributed by atoms with van der Waals surface area (Å²) in [4.78, 5) is 0.808. The molecule has 0 spiro atoms. The minimum atomic E-state index is -4.68. The highest BCUT2D eigenvalue weighted by Crippen LogP contribution is 2.41. The highest BCUT2D eigenvalue weighted by atomic mass is 79.9. The molecule has 0 saturated heterocycles. The van der Waals surface area contributed by atoms with Crippen molar-refractivity contribution < 1.29 is 17.9 Å². The number of halogens is 6. The molecular formula is C12H6Br2ClF3OS. The molecule has 0 radical (unpaired) electrons. The third kappa shape index (κ3) is 4.13. The van der Waals surface area contributed by atoms with Crippen molar-refractivity contribution in [3.63, 3.8) is 0 Å².